The lowest BCUT2D eigenvalue weighted by atomic mass is 9.89. The molecule has 376 valence electrons. The van der Waals surface area contributed by atoms with Crippen molar-refractivity contribution in [3.8, 4) is 0 Å². The van der Waals surface area contributed by atoms with Crippen LogP contribution in [0.4, 0.5) is 0 Å². The Bertz CT molecular complexity index is 897. The van der Waals surface area contributed by atoms with Gasteiger partial charge in [0.2, 0.25) is 0 Å². The first-order valence-electron chi connectivity index (χ1n) is 29.5. The average molecular weight is 887 g/mol. The van der Waals surface area contributed by atoms with E-state index in [1.165, 1.54) is 283 Å². The molecule has 0 spiro atoms. The molecular weight excluding hydrogens is 767 g/mol. The maximum Gasteiger partial charge on any atom is 0.305 e. The first-order valence-corrected chi connectivity index (χ1v) is 29.5. The number of hydrogen-bond donors (Lipinski definition) is 0. The Balaban J connectivity index is 4.52. The molecule has 0 aromatic heterocycles. The summed E-state index contributed by atoms with van der Waals surface area (Å²) < 4.78 is 5.53. The standard InChI is InChI=1S/C60H119NO2/c1-6-9-12-15-18-21-22-23-24-25-26-27-29-32-37-42-52-59(54-45-46-55-60(62)63-57-48-47-56-61(4)5)53-44-39-34-33-38-43-51-58(49-40-35-30-20-17-14-11-8-3)50-41-36-31-28-19-16-13-10-7-2/h54,58H,6-53,55-57H2,1-5H3. The molecule has 1 atom stereocenters. The Morgan fingerprint density at radius 2 is 0.698 bits per heavy atom. The van der Waals surface area contributed by atoms with E-state index in [-0.39, 0.29) is 5.97 Å². The fourth-order valence-electron chi connectivity index (χ4n) is 9.81. The SMILES string of the molecule is CCCCCCCCCCCCCCCCCCC(=CCCCC(=O)OCCCCN(C)C)CCCCCCCCC(CCCCCCCCCC)CCCCCCCCCCC. The van der Waals surface area contributed by atoms with Crippen LogP contribution in [0.1, 0.15) is 335 Å². The number of unbranched alkanes of at least 4 members (excludes halogenated alkanes) is 37. The fourth-order valence-corrected chi connectivity index (χ4v) is 9.81. The summed E-state index contributed by atoms with van der Waals surface area (Å²) >= 11 is 0. The van der Waals surface area contributed by atoms with Gasteiger partial charge in [-0.3, -0.25) is 4.79 Å². The average Bonchev–Trinajstić information content (AvgIpc) is 3.27. The molecule has 0 rings (SSSR count). The van der Waals surface area contributed by atoms with Crippen molar-refractivity contribution < 1.29 is 9.53 Å². The molecule has 0 aromatic rings. The van der Waals surface area contributed by atoms with E-state index in [1.54, 1.807) is 5.57 Å². The smallest absolute Gasteiger partial charge is 0.305 e. The van der Waals surface area contributed by atoms with Gasteiger partial charge < -0.3 is 9.64 Å². The second-order valence-corrected chi connectivity index (χ2v) is 20.9. The van der Waals surface area contributed by atoms with Crippen molar-refractivity contribution in [3.05, 3.63) is 11.6 Å². The largest absolute Gasteiger partial charge is 0.466 e. The molecule has 0 bridgehead atoms. The Morgan fingerprint density at radius 3 is 1.03 bits per heavy atom. The predicted molar refractivity (Wildman–Crippen MR) is 284 cm³/mol. The highest BCUT2D eigenvalue weighted by Crippen LogP contribution is 2.26. The van der Waals surface area contributed by atoms with Crippen molar-refractivity contribution in [3.63, 3.8) is 0 Å². The maximum absolute atomic E-state index is 12.3. The molecule has 0 aliphatic rings. The van der Waals surface area contributed by atoms with Gasteiger partial charge in [-0.05, 0) is 77.9 Å². The molecule has 0 N–H and O–H groups in total. The van der Waals surface area contributed by atoms with Crippen LogP contribution >= 0.6 is 0 Å². The Kier molecular flexibility index (Phi) is 53.1. The van der Waals surface area contributed by atoms with Gasteiger partial charge in [0, 0.05) is 6.42 Å². The number of hydrogen-bond acceptors (Lipinski definition) is 3. The summed E-state index contributed by atoms with van der Waals surface area (Å²) in [6.45, 7) is 8.59. The lowest BCUT2D eigenvalue weighted by Crippen LogP contribution is -2.14. The molecule has 0 heterocycles. The lowest BCUT2D eigenvalue weighted by molar-refractivity contribution is -0.143. The molecule has 0 saturated carbocycles. The summed E-state index contributed by atoms with van der Waals surface area (Å²) in [4.78, 5) is 14.5. The van der Waals surface area contributed by atoms with Crippen molar-refractivity contribution in [1.82, 2.24) is 4.90 Å². The van der Waals surface area contributed by atoms with Crippen LogP contribution in [0.25, 0.3) is 0 Å². The summed E-state index contributed by atoms with van der Waals surface area (Å²) in [7, 11) is 4.20. The first-order chi connectivity index (χ1) is 31.0. The van der Waals surface area contributed by atoms with E-state index in [4.69, 9.17) is 4.74 Å². The van der Waals surface area contributed by atoms with Crippen LogP contribution in [0, 0.1) is 5.92 Å². The maximum atomic E-state index is 12.3. The zero-order chi connectivity index (χ0) is 45.8. The summed E-state index contributed by atoms with van der Waals surface area (Å²) in [5.74, 6) is 0.984. The Hall–Kier alpha value is -0.830. The highest BCUT2D eigenvalue weighted by atomic mass is 16.5. The summed E-state index contributed by atoms with van der Waals surface area (Å²) in [5, 5.41) is 0. The van der Waals surface area contributed by atoms with E-state index >= 15 is 0 Å². The van der Waals surface area contributed by atoms with Gasteiger partial charge in [0.05, 0.1) is 6.61 Å². The van der Waals surface area contributed by atoms with Crippen LogP contribution in [0.15, 0.2) is 11.6 Å². The van der Waals surface area contributed by atoms with E-state index in [0.29, 0.717) is 13.0 Å². The second-order valence-electron chi connectivity index (χ2n) is 20.9. The van der Waals surface area contributed by atoms with Gasteiger partial charge in [0.15, 0.2) is 0 Å². The fraction of sp³-hybridized carbons (Fsp3) is 0.950. The normalized spacial score (nSPS) is 12.5. The van der Waals surface area contributed by atoms with Crippen LogP contribution in [-0.2, 0) is 9.53 Å². The minimum absolute atomic E-state index is 0.00408. The number of esters is 1. The lowest BCUT2D eigenvalue weighted by Gasteiger charge is -2.17. The molecule has 3 nitrogen and oxygen atoms in total. The molecule has 0 aromatic carbocycles. The van der Waals surface area contributed by atoms with Gasteiger partial charge in [-0.1, -0.05) is 289 Å². The van der Waals surface area contributed by atoms with Crippen molar-refractivity contribution in [2.75, 3.05) is 27.2 Å². The number of rotatable bonds is 54. The molecule has 0 aliphatic heterocycles. The first kappa shape index (κ1) is 62.2. The van der Waals surface area contributed by atoms with Crippen LogP contribution < -0.4 is 0 Å². The van der Waals surface area contributed by atoms with Gasteiger partial charge >= 0.3 is 5.97 Å². The second kappa shape index (κ2) is 53.8. The van der Waals surface area contributed by atoms with Crippen molar-refractivity contribution in [2.24, 2.45) is 5.92 Å². The van der Waals surface area contributed by atoms with E-state index in [2.05, 4.69) is 45.8 Å². The third-order valence-corrected chi connectivity index (χ3v) is 14.2. The molecule has 0 radical (unpaired) electrons. The van der Waals surface area contributed by atoms with E-state index < -0.39 is 0 Å². The number of carbonyl (C=O) groups is 1. The van der Waals surface area contributed by atoms with Crippen LogP contribution in [0.3, 0.4) is 0 Å². The zero-order valence-corrected chi connectivity index (χ0v) is 44.5. The molecule has 0 fully saturated rings. The van der Waals surface area contributed by atoms with Gasteiger partial charge in [0.25, 0.3) is 0 Å². The Labute approximate surface area is 399 Å². The monoisotopic (exact) mass is 886 g/mol. The van der Waals surface area contributed by atoms with Gasteiger partial charge in [0.1, 0.15) is 0 Å². The van der Waals surface area contributed by atoms with Crippen LogP contribution in [-0.4, -0.2) is 38.1 Å². The van der Waals surface area contributed by atoms with Crippen molar-refractivity contribution >= 4 is 5.97 Å². The highest BCUT2D eigenvalue weighted by Gasteiger charge is 2.10. The third kappa shape index (κ3) is 52.0. The molecule has 0 aliphatic carbocycles. The molecule has 63 heavy (non-hydrogen) atoms. The molecular formula is C60H119NO2. The third-order valence-electron chi connectivity index (χ3n) is 14.2. The summed E-state index contributed by atoms with van der Waals surface area (Å²) in [6.07, 6.45) is 70.1. The summed E-state index contributed by atoms with van der Waals surface area (Å²) in [5.41, 5.74) is 1.68. The predicted octanol–water partition coefficient (Wildman–Crippen LogP) is 20.8. The molecule has 3 heteroatoms. The molecule has 1 unspecified atom stereocenters. The quantitative estimate of drug-likeness (QED) is 0.0346. The van der Waals surface area contributed by atoms with Crippen molar-refractivity contribution in [1.29, 1.82) is 0 Å². The van der Waals surface area contributed by atoms with Gasteiger partial charge in [-0.15, -0.1) is 0 Å². The topological polar surface area (TPSA) is 29.5 Å². The van der Waals surface area contributed by atoms with Gasteiger partial charge in [-0.25, -0.2) is 0 Å². The zero-order valence-electron chi connectivity index (χ0n) is 44.5. The van der Waals surface area contributed by atoms with Crippen LogP contribution in [0.5, 0.6) is 0 Å². The number of allylic oxidation sites excluding steroid dienone is 2. The van der Waals surface area contributed by atoms with Crippen LogP contribution in [0.2, 0.25) is 0 Å². The van der Waals surface area contributed by atoms with Gasteiger partial charge in [-0.2, -0.15) is 0 Å². The number of ether oxygens (including phenoxy) is 1. The minimum atomic E-state index is -0.00408. The summed E-state index contributed by atoms with van der Waals surface area (Å²) in [6, 6.07) is 0. The molecule has 0 amide bonds. The van der Waals surface area contributed by atoms with E-state index in [1.807, 2.05) is 0 Å². The molecule has 0 saturated heterocycles. The van der Waals surface area contributed by atoms with E-state index in [9.17, 15) is 4.79 Å². The Morgan fingerprint density at radius 1 is 0.381 bits per heavy atom. The minimum Gasteiger partial charge on any atom is -0.466 e. The number of nitrogens with zero attached hydrogens (tertiary/aromatic N) is 1. The number of carbonyl (C=O) groups excluding carboxylic acids is 1. The van der Waals surface area contributed by atoms with E-state index in [0.717, 1.165) is 38.1 Å². The highest BCUT2D eigenvalue weighted by molar-refractivity contribution is 5.69. The van der Waals surface area contributed by atoms with Crippen molar-refractivity contribution in [2.45, 2.75) is 335 Å².